The third-order valence-corrected chi connectivity index (χ3v) is 8.63. The third-order valence-electron chi connectivity index (χ3n) is 6.81. The van der Waals surface area contributed by atoms with Crippen LogP contribution in [0.5, 0.6) is 0 Å². The number of fused-ring (bicyclic) bond motifs is 2. The van der Waals surface area contributed by atoms with E-state index >= 15 is 0 Å². The lowest BCUT2D eigenvalue weighted by atomic mass is 10.2. The van der Waals surface area contributed by atoms with E-state index in [9.17, 15) is 18.2 Å². The van der Waals surface area contributed by atoms with Crippen LogP contribution in [-0.2, 0) is 40.3 Å². The molecule has 0 aromatic carbocycles. The van der Waals surface area contributed by atoms with Gasteiger partial charge in [-0.2, -0.15) is 13.1 Å². The largest absolute Gasteiger partial charge is 0.382 e. The van der Waals surface area contributed by atoms with E-state index in [1.165, 1.54) is 19.0 Å². The van der Waals surface area contributed by atoms with Crippen molar-refractivity contribution in [2.24, 2.45) is 0 Å². The minimum absolute atomic E-state index is 0.0186. The Morgan fingerprint density at radius 1 is 0.976 bits per heavy atom. The lowest BCUT2D eigenvalue weighted by molar-refractivity contribution is -0.0356. The van der Waals surface area contributed by atoms with E-state index in [4.69, 9.17) is 29.6 Å². The fraction of sp³-hybridized carbons (Fsp3) is 0.500. The standard InChI is InChI=1S/C20H26N11O8PS2/c21-17-15-19(25-6-23-17)30(8-27-15)13-2-1-10(37-13)4-29-42(34,35)39-11-3-14(38-12(11)5-36-40(32,33)41)31-9-28-16-18(22)24-7-26-20(16)31/h6-14,29H,1-5H2,(H2,21,23,25)(H2,22,24,26)(H2,32,33,41)/t10-,11-,12+,13+,14+/m0/s1. The number of nitrogens with zero attached hydrogens (tertiary/aromatic N) is 8. The van der Waals surface area contributed by atoms with Crippen LogP contribution >= 0.6 is 6.72 Å². The van der Waals surface area contributed by atoms with Gasteiger partial charge < -0.3 is 35.3 Å². The van der Waals surface area contributed by atoms with Gasteiger partial charge in [-0.05, 0) is 24.6 Å². The maximum atomic E-state index is 13.0. The summed E-state index contributed by atoms with van der Waals surface area (Å²) in [4.78, 5) is 43.7. The van der Waals surface area contributed by atoms with E-state index in [0.29, 0.717) is 35.2 Å². The predicted molar refractivity (Wildman–Crippen MR) is 148 cm³/mol. The Bertz CT molecular complexity index is 1770. The molecule has 4 aromatic rings. The second kappa shape index (κ2) is 11.3. The van der Waals surface area contributed by atoms with Gasteiger partial charge in [0.25, 0.3) is 0 Å². The first-order chi connectivity index (χ1) is 20.0. The van der Waals surface area contributed by atoms with Crippen molar-refractivity contribution in [3.63, 3.8) is 0 Å². The summed E-state index contributed by atoms with van der Waals surface area (Å²) in [6.07, 6.45) is 2.91. The molecule has 2 aliphatic rings. The number of aromatic nitrogens is 8. The first-order valence-electron chi connectivity index (χ1n) is 12.5. The fourth-order valence-corrected chi connectivity index (χ4v) is 6.40. The molecule has 0 aliphatic carbocycles. The molecule has 22 heteroatoms. The number of ether oxygens (including phenoxy) is 2. The molecule has 5 atom stereocenters. The van der Waals surface area contributed by atoms with Crippen LogP contribution in [-0.4, -0.2) is 88.7 Å². The molecule has 0 amide bonds. The molecule has 42 heavy (non-hydrogen) atoms. The van der Waals surface area contributed by atoms with Gasteiger partial charge >= 0.3 is 17.0 Å². The van der Waals surface area contributed by atoms with Crippen LogP contribution in [0.3, 0.4) is 0 Å². The van der Waals surface area contributed by atoms with Crippen LogP contribution in [0.15, 0.2) is 25.3 Å². The Morgan fingerprint density at radius 3 is 2.21 bits per heavy atom. The van der Waals surface area contributed by atoms with Crippen molar-refractivity contribution < 1.29 is 36.4 Å². The van der Waals surface area contributed by atoms with E-state index in [-0.39, 0.29) is 24.6 Å². The average molecular weight is 644 g/mol. The topological polar surface area (TPSA) is 263 Å². The number of imidazole rings is 2. The van der Waals surface area contributed by atoms with Gasteiger partial charge in [0, 0.05) is 13.0 Å². The summed E-state index contributed by atoms with van der Waals surface area (Å²) in [6.45, 7) is -4.57. The molecule has 2 aliphatic heterocycles. The Hall–Kier alpha value is -2.98. The predicted octanol–water partition coefficient (Wildman–Crippen LogP) is -0.759. The lowest BCUT2D eigenvalue weighted by Gasteiger charge is -2.20. The smallest absolute Gasteiger partial charge is 0.336 e. The first-order valence-corrected chi connectivity index (χ1v) is 16.6. The molecule has 4 aromatic heterocycles. The van der Waals surface area contributed by atoms with Crippen LogP contribution in [0.4, 0.5) is 11.6 Å². The van der Waals surface area contributed by atoms with Crippen molar-refractivity contribution >= 4 is 62.8 Å². The number of nitrogens with one attached hydrogen (secondary N) is 1. The number of anilines is 2. The van der Waals surface area contributed by atoms with Crippen molar-refractivity contribution in [3.05, 3.63) is 25.3 Å². The zero-order chi connectivity index (χ0) is 29.6. The average Bonchev–Trinajstić information content (AvgIpc) is 3.71. The third kappa shape index (κ3) is 6.06. The van der Waals surface area contributed by atoms with E-state index in [0.717, 1.165) is 0 Å². The molecule has 7 N–H and O–H groups in total. The monoisotopic (exact) mass is 643 g/mol. The summed E-state index contributed by atoms with van der Waals surface area (Å²) < 4.78 is 54.0. The molecule has 2 fully saturated rings. The summed E-state index contributed by atoms with van der Waals surface area (Å²) in [7, 11) is -4.33. The molecular formula is C20H26N11O8PS2. The van der Waals surface area contributed by atoms with Crippen molar-refractivity contribution in [2.75, 3.05) is 24.6 Å². The summed E-state index contributed by atoms with van der Waals surface area (Å²) in [5, 5.41) is 0. The zero-order valence-corrected chi connectivity index (χ0v) is 24.1. The summed E-state index contributed by atoms with van der Waals surface area (Å²) in [5.41, 5.74) is 13.4. The van der Waals surface area contributed by atoms with Crippen molar-refractivity contribution in [1.82, 2.24) is 43.8 Å². The van der Waals surface area contributed by atoms with E-state index in [1.807, 2.05) is 0 Å². The van der Waals surface area contributed by atoms with Gasteiger partial charge in [0.2, 0.25) is 0 Å². The van der Waals surface area contributed by atoms with Gasteiger partial charge in [-0.1, -0.05) is 0 Å². The Kier molecular flexibility index (Phi) is 7.81. The van der Waals surface area contributed by atoms with E-state index in [2.05, 4.69) is 46.4 Å². The highest BCUT2D eigenvalue weighted by atomic mass is 32.5. The second-order valence-electron chi connectivity index (χ2n) is 9.54. The molecule has 2 saturated heterocycles. The molecule has 0 radical (unpaired) electrons. The number of rotatable bonds is 10. The van der Waals surface area contributed by atoms with Crippen LogP contribution in [0.25, 0.3) is 22.3 Å². The molecule has 6 rings (SSSR count). The highest BCUT2D eigenvalue weighted by Crippen LogP contribution is 2.40. The number of hydrogen-bond acceptors (Lipinski definition) is 15. The molecule has 0 saturated carbocycles. The second-order valence-corrected chi connectivity index (χ2v) is 13.6. The Balaban J connectivity index is 1.11. The summed E-state index contributed by atoms with van der Waals surface area (Å²) in [6, 6.07) is 0. The maximum Gasteiger partial charge on any atom is 0.336 e. The minimum atomic E-state index is -4.33. The lowest BCUT2D eigenvalue weighted by Crippen LogP contribution is -2.38. The van der Waals surface area contributed by atoms with Gasteiger partial charge in [-0.15, -0.1) is 0 Å². The Morgan fingerprint density at radius 2 is 1.60 bits per heavy atom. The normalized spacial score (nSPS) is 25.1. The molecule has 226 valence electrons. The van der Waals surface area contributed by atoms with Crippen molar-refractivity contribution in [3.8, 4) is 0 Å². The molecule has 0 spiro atoms. The van der Waals surface area contributed by atoms with Crippen molar-refractivity contribution in [1.29, 1.82) is 0 Å². The SMILES string of the molecule is Nc1ncnc2c1ncn2[C@H]1CC[C@@H](CNS(=O)(=O)O[C@H]2C[C@H](n3cnc4c(N)ncnc43)O[C@@H]2COP(O)(O)=S)O1. The number of nitrogen functional groups attached to an aromatic ring is 2. The highest BCUT2D eigenvalue weighted by molar-refractivity contribution is 8.06. The summed E-state index contributed by atoms with van der Waals surface area (Å²) in [5.74, 6) is 0.407. The molecule has 0 bridgehead atoms. The summed E-state index contributed by atoms with van der Waals surface area (Å²) >= 11 is 4.52. The minimum Gasteiger partial charge on any atom is -0.382 e. The molecule has 19 nitrogen and oxygen atoms in total. The van der Waals surface area contributed by atoms with Crippen molar-refractivity contribution in [2.45, 2.75) is 50.0 Å². The van der Waals surface area contributed by atoms with Crippen LogP contribution in [0.2, 0.25) is 0 Å². The van der Waals surface area contributed by atoms with Crippen LogP contribution in [0.1, 0.15) is 31.7 Å². The maximum absolute atomic E-state index is 13.0. The molecule has 6 heterocycles. The molecular weight excluding hydrogens is 617 g/mol. The van der Waals surface area contributed by atoms with Crippen LogP contribution < -0.4 is 16.2 Å². The number of hydrogen-bond donors (Lipinski definition) is 5. The van der Waals surface area contributed by atoms with Gasteiger partial charge in [-0.3, -0.25) is 13.3 Å². The Labute approximate surface area is 242 Å². The van der Waals surface area contributed by atoms with Gasteiger partial charge in [0.1, 0.15) is 48.4 Å². The molecule has 0 unspecified atom stereocenters. The number of nitrogens with two attached hydrogens (primary N) is 2. The van der Waals surface area contributed by atoms with Gasteiger partial charge in [0.15, 0.2) is 22.9 Å². The zero-order valence-electron chi connectivity index (χ0n) is 21.6. The van der Waals surface area contributed by atoms with Crippen LogP contribution in [0, 0.1) is 0 Å². The van der Waals surface area contributed by atoms with E-state index < -0.39 is 54.4 Å². The van der Waals surface area contributed by atoms with E-state index in [1.54, 1.807) is 15.5 Å². The highest BCUT2D eigenvalue weighted by Gasteiger charge is 2.42. The fourth-order valence-electron chi connectivity index (χ4n) is 4.89. The quantitative estimate of drug-likeness (QED) is 0.133. The first kappa shape index (κ1) is 29.1. The van der Waals surface area contributed by atoms with Gasteiger partial charge in [0.05, 0.1) is 25.4 Å². The van der Waals surface area contributed by atoms with Gasteiger partial charge in [-0.25, -0.2) is 29.9 Å².